The van der Waals surface area contributed by atoms with Gasteiger partial charge in [0.1, 0.15) is 15.5 Å². The van der Waals surface area contributed by atoms with E-state index >= 15 is 0 Å². The van der Waals surface area contributed by atoms with Crippen LogP contribution in [-0.4, -0.2) is 33.6 Å². The second-order valence-corrected chi connectivity index (χ2v) is 10.5. The molecule has 3 heterocycles. The fourth-order valence-electron chi connectivity index (χ4n) is 5.89. The van der Waals surface area contributed by atoms with Gasteiger partial charge in [-0.25, -0.2) is 9.78 Å². The topological polar surface area (TPSA) is 90.3 Å². The molecule has 2 bridgehead atoms. The molecule has 0 saturated heterocycles. The van der Waals surface area contributed by atoms with Crippen molar-refractivity contribution in [1.82, 2.24) is 14.9 Å². The third-order valence-electron chi connectivity index (χ3n) is 7.55. The van der Waals surface area contributed by atoms with E-state index in [4.69, 9.17) is 4.74 Å². The Kier molecular flexibility index (Phi) is 5.15. The molecule has 5 atom stereocenters. The van der Waals surface area contributed by atoms with E-state index in [9.17, 15) is 14.4 Å². The van der Waals surface area contributed by atoms with E-state index in [1.54, 1.807) is 18.4 Å². The van der Waals surface area contributed by atoms with Crippen molar-refractivity contribution in [2.45, 2.75) is 78.0 Å². The summed E-state index contributed by atoms with van der Waals surface area (Å²) in [4.78, 5) is 43.9. The number of esters is 1. The van der Waals surface area contributed by atoms with E-state index in [-0.39, 0.29) is 17.5 Å². The largest absolute Gasteiger partial charge is 0.448 e. The van der Waals surface area contributed by atoms with Gasteiger partial charge < -0.3 is 10.1 Å². The van der Waals surface area contributed by atoms with Crippen LogP contribution in [0.15, 0.2) is 4.79 Å². The summed E-state index contributed by atoms with van der Waals surface area (Å²) in [5, 5.41) is 3.56. The van der Waals surface area contributed by atoms with Crippen LogP contribution in [-0.2, 0) is 22.5 Å². The number of aryl methyl sites for hydroxylation is 2. The number of amides is 1. The van der Waals surface area contributed by atoms with Crippen LogP contribution in [0.25, 0.3) is 10.2 Å². The third kappa shape index (κ3) is 3.49. The standard InChI is InChI=1S/C23H29N3O4S/c1-11-18-21(25-17-5-4-8-26(17)22(18)28)31-19(11)23(29)30-13(3)20(27)24-12(2)16-10-14-6-7-15(16)9-14/h12-16H,4-10H2,1-3H3,(H,24,27)/t12-,13+,14-,15-,16-/m0/s1. The fourth-order valence-corrected chi connectivity index (χ4v) is 6.97. The molecule has 0 aromatic carbocycles. The van der Waals surface area contributed by atoms with Gasteiger partial charge in [0.05, 0.1) is 5.39 Å². The molecule has 1 aliphatic heterocycles. The lowest BCUT2D eigenvalue weighted by atomic mass is 9.84. The zero-order valence-electron chi connectivity index (χ0n) is 18.3. The minimum absolute atomic E-state index is 0.0849. The Hall–Kier alpha value is -2.22. The van der Waals surface area contributed by atoms with E-state index in [0.29, 0.717) is 39.0 Å². The van der Waals surface area contributed by atoms with Gasteiger partial charge in [0.25, 0.3) is 11.5 Å². The highest BCUT2D eigenvalue weighted by Crippen LogP contribution is 2.49. The Labute approximate surface area is 185 Å². The monoisotopic (exact) mass is 443 g/mol. The summed E-state index contributed by atoms with van der Waals surface area (Å²) in [5.41, 5.74) is 0.503. The van der Waals surface area contributed by atoms with Crippen LogP contribution in [0.3, 0.4) is 0 Å². The number of hydrogen-bond donors (Lipinski definition) is 1. The van der Waals surface area contributed by atoms with E-state index in [1.165, 1.54) is 37.0 Å². The smallest absolute Gasteiger partial charge is 0.349 e. The van der Waals surface area contributed by atoms with Gasteiger partial charge in [-0.15, -0.1) is 11.3 Å². The van der Waals surface area contributed by atoms with Crippen LogP contribution in [0, 0.1) is 24.7 Å². The summed E-state index contributed by atoms with van der Waals surface area (Å²) >= 11 is 1.18. The van der Waals surface area contributed by atoms with Crippen LogP contribution in [0.2, 0.25) is 0 Å². The summed E-state index contributed by atoms with van der Waals surface area (Å²) in [6, 6.07) is 0.0849. The molecule has 7 nitrogen and oxygen atoms in total. The van der Waals surface area contributed by atoms with Gasteiger partial charge in [0.15, 0.2) is 6.10 Å². The summed E-state index contributed by atoms with van der Waals surface area (Å²) < 4.78 is 7.20. The molecule has 166 valence electrons. The zero-order chi connectivity index (χ0) is 21.9. The van der Waals surface area contributed by atoms with Crippen molar-refractivity contribution in [3.05, 3.63) is 26.6 Å². The zero-order valence-corrected chi connectivity index (χ0v) is 19.1. The quantitative estimate of drug-likeness (QED) is 0.717. The maximum atomic E-state index is 12.8. The van der Waals surface area contributed by atoms with Gasteiger partial charge in [-0.1, -0.05) is 6.42 Å². The summed E-state index contributed by atoms with van der Waals surface area (Å²) in [6.45, 7) is 6.09. The lowest BCUT2D eigenvalue weighted by molar-refractivity contribution is -0.130. The van der Waals surface area contributed by atoms with Gasteiger partial charge >= 0.3 is 5.97 Å². The van der Waals surface area contributed by atoms with Crippen molar-refractivity contribution in [3.63, 3.8) is 0 Å². The molecule has 2 saturated carbocycles. The number of nitrogens with zero attached hydrogens (tertiary/aromatic N) is 2. The highest BCUT2D eigenvalue weighted by atomic mass is 32.1. The minimum atomic E-state index is -0.891. The van der Waals surface area contributed by atoms with E-state index in [2.05, 4.69) is 17.2 Å². The number of aromatic nitrogens is 2. The molecule has 2 aliphatic carbocycles. The third-order valence-corrected chi connectivity index (χ3v) is 8.72. The van der Waals surface area contributed by atoms with Crippen LogP contribution < -0.4 is 10.9 Å². The Morgan fingerprint density at radius 1 is 1.26 bits per heavy atom. The Balaban J connectivity index is 1.28. The SMILES string of the molecule is Cc1c(C(=O)O[C@H](C)C(=O)N[C@@H](C)[C@@H]2C[C@H]3CC[C@H]2C3)sc2nc3n(c(=O)c12)CCC3. The average molecular weight is 444 g/mol. The number of rotatable bonds is 5. The highest BCUT2D eigenvalue weighted by molar-refractivity contribution is 7.20. The van der Waals surface area contributed by atoms with Crippen molar-refractivity contribution in [1.29, 1.82) is 0 Å². The molecule has 2 aromatic rings. The van der Waals surface area contributed by atoms with E-state index < -0.39 is 12.1 Å². The molecule has 2 aromatic heterocycles. The van der Waals surface area contributed by atoms with Crippen LogP contribution in [0.1, 0.15) is 67.0 Å². The molecular formula is C23H29N3O4S. The van der Waals surface area contributed by atoms with E-state index in [0.717, 1.165) is 24.6 Å². The van der Waals surface area contributed by atoms with Crippen molar-refractivity contribution in [2.75, 3.05) is 0 Å². The molecule has 2 fully saturated rings. The van der Waals surface area contributed by atoms with Gasteiger partial charge in [-0.05, 0) is 69.8 Å². The number of ether oxygens (including phenoxy) is 1. The summed E-state index contributed by atoms with van der Waals surface area (Å²) in [5.74, 6) is 2.00. The first-order valence-electron chi connectivity index (χ1n) is 11.4. The Bertz CT molecular complexity index is 1120. The molecular weight excluding hydrogens is 414 g/mol. The molecule has 0 unspecified atom stereocenters. The number of thiophene rings is 1. The molecule has 1 N–H and O–H groups in total. The maximum absolute atomic E-state index is 12.8. The number of hydrogen-bond acceptors (Lipinski definition) is 6. The Morgan fingerprint density at radius 3 is 2.77 bits per heavy atom. The van der Waals surface area contributed by atoms with Crippen molar-refractivity contribution >= 4 is 33.4 Å². The second-order valence-electron chi connectivity index (χ2n) is 9.51. The van der Waals surface area contributed by atoms with Crippen LogP contribution in [0.4, 0.5) is 0 Å². The summed E-state index contributed by atoms with van der Waals surface area (Å²) in [7, 11) is 0. The Morgan fingerprint density at radius 2 is 2.06 bits per heavy atom. The first kappa shape index (κ1) is 20.7. The normalized spacial score (nSPS) is 26.1. The van der Waals surface area contributed by atoms with Crippen molar-refractivity contribution in [2.24, 2.45) is 17.8 Å². The van der Waals surface area contributed by atoms with E-state index in [1.807, 2.05) is 0 Å². The number of carbonyl (C=O) groups excluding carboxylic acids is 2. The number of nitrogens with one attached hydrogen (secondary N) is 1. The molecule has 8 heteroatoms. The maximum Gasteiger partial charge on any atom is 0.349 e. The lowest BCUT2D eigenvalue weighted by Gasteiger charge is -2.29. The average Bonchev–Trinajstić information content (AvgIpc) is 3.51. The van der Waals surface area contributed by atoms with Crippen molar-refractivity contribution < 1.29 is 14.3 Å². The number of fused-ring (bicyclic) bond motifs is 4. The molecule has 1 amide bonds. The second kappa shape index (κ2) is 7.73. The first-order chi connectivity index (χ1) is 14.8. The summed E-state index contributed by atoms with van der Waals surface area (Å²) in [6.07, 6.45) is 5.87. The van der Waals surface area contributed by atoms with Gasteiger partial charge in [-0.2, -0.15) is 0 Å². The van der Waals surface area contributed by atoms with Gasteiger partial charge in [-0.3, -0.25) is 14.2 Å². The number of carbonyl (C=O) groups is 2. The highest BCUT2D eigenvalue weighted by Gasteiger charge is 2.42. The minimum Gasteiger partial charge on any atom is -0.448 e. The predicted molar refractivity (Wildman–Crippen MR) is 118 cm³/mol. The molecule has 31 heavy (non-hydrogen) atoms. The predicted octanol–water partition coefficient (Wildman–Crippen LogP) is 3.20. The van der Waals surface area contributed by atoms with Crippen molar-refractivity contribution in [3.8, 4) is 0 Å². The van der Waals surface area contributed by atoms with Gasteiger partial charge in [0, 0.05) is 19.0 Å². The molecule has 5 rings (SSSR count). The van der Waals surface area contributed by atoms with Crippen LogP contribution in [0.5, 0.6) is 0 Å². The molecule has 0 spiro atoms. The van der Waals surface area contributed by atoms with Crippen LogP contribution >= 0.6 is 11.3 Å². The molecule has 3 aliphatic rings. The fraction of sp³-hybridized carbons (Fsp3) is 0.652. The molecule has 0 radical (unpaired) electrons. The lowest BCUT2D eigenvalue weighted by Crippen LogP contribution is -2.45. The van der Waals surface area contributed by atoms with Gasteiger partial charge in [0.2, 0.25) is 0 Å². The first-order valence-corrected chi connectivity index (χ1v) is 12.2.